The minimum absolute atomic E-state index is 0.0378. The maximum Gasteiger partial charge on any atom is 0.274 e. The molecule has 0 unspecified atom stereocenters. The van der Waals surface area contributed by atoms with Crippen LogP contribution in [0.5, 0.6) is 0 Å². The van der Waals surface area contributed by atoms with Crippen molar-refractivity contribution >= 4 is 23.1 Å². The third-order valence-corrected chi connectivity index (χ3v) is 4.88. The summed E-state index contributed by atoms with van der Waals surface area (Å²) in [6, 6.07) is 16.1. The highest BCUT2D eigenvalue weighted by atomic mass is 16.6. The van der Waals surface area contributed by atoms with Gasteiger partial charge in [0.05, 0.1) is 28.8 Å². The van der Waals surface area contributed by atoms with E-state index in [-0.39, 0.29) is 24.3 Å². The molecule has 8 nitrogen and oxygen atoms in total. The Morgan fingerprint density at radius 2 is 1.83 bits per heavy atom. The fourth-order valence-corrected chi connectivity index (χ4v) is 3.02. The van der Waals surface area contributed by atoms with Crippen LogP contribution in [0.4, 0.5) is 23.1 Å². The molecular weight excluding hydrogens is 382 g/mol. The van der Waals surface area contributed by atoms with Crippen LogP contribution in [-0.4, -0.2) is 32.6 Å². The van der Waals surface area contributed by atoms with E-state index in [0.717, 1.165) is 5.56 Å². The summed E-state index contributed by atoms with van der Waals surface area (Å²) in [5.74, 6) is 1.04. The molecule has 0 fully saturated rings. The Kier molecular flexibility index (Phi) is 6.58. The van der Waals surface area contributed by atoms with Crippen molar-refractivity contribution in [3.63, 3.8) is 0 Å². The smallest absolute Gasteiger partial charge is 0.274 e. The van der Waals surface area contributed by atoms with Crippen LogP contribution >= 0.6 is 0 Å². The molecule has 0 bridgehead atoms. The van der Waals surface area contributed by atoms with E-state index < -0.39 is 4.92 Å². The molecule has 0 saturated carbocycles. The topological polar surface area (TPSA) is 113 Å². The number of anilines is 3. The first-order chi connectivity index (χ1) is 14.4. The number of nitro benzene ring substituents is 1. The first-order valence-electron chi connectivity index (χ1n) is 9.72. The van der Waals surface area contributed by atoms with Gasteiger partial charge in [-0.25, -0.2) is 4.98 Å². The van der Waals surface area contributed by atoms with Crippen molar-refractivity contribution in [3.05, 3.63) is 70.3 Å². The highest BCUT2D eigenvalue weighted by molar-refractivity contribution is 5.70. The summed E-state index contributed by atoms with van der Waals surface area (Å²) in [5, 5.41) is 27.3. The van der Waals surface area contributed by atoms with Crippen molar-refractivity contribution in [2.45, 2.75) is 26.8 Å². The number of nitro groups is 1. The average Bonchev–Trinajstić information content (AvgIpc) is 2.73. The molecule has 30 heavy (non-hydrogen) atoms. The second-order valence-electron chi connectivity index (χ2n) is 7.34. The van der Waals surface area contributed by atoms with Gasteiger partial charge in [-0.05, 0) is 18.9 Å². The SMILES string of the molecule is Cc1c(Nc2cc(-c3ccccc3)nc(N[C@@H](CO)C(C)C)n2)cccc1[N+](=O)[O-]. The van der Waals surface area contributed by atoms with E-state index in [0.29, 0.717) is 28.7 Å². The van der Waals surface area contributed by atoms with E-state index in [2.05, 4.69) is 20.6 Å². The lowest BCUT2D eigenvalue weighted by Crippen LogP contribution is -2.30. The fourth-order valence-electron chi connectivity index (χ4n) is 3.02. The molecule has 2 aromatic carbocycles. The molecule has 1 atom stereocenters. The van der Waals surface area contributed by atoms with Gasteiger partial charge in [-0.1, -0.05) is 50.2 Å². The van der Waals surface area contributed by atoms with Crippen molar-refractivity contribution in [1.29, 1.82) is 0 Å². The van der Waals surface area contributed by atoms with Crippen LogP contribution in [0.25, 0.3) is 11.3 Å². The number of nitrogens with one attached hydrogen (secondary N) is 2. The van der Waals surface area contributed by atoms with Crippen molar-refractivity contribution in [3.8, 4) is 11.3 Å². The standard InChI is InChI=1S/C22H25N5O3/c1-14(2)19(13-28)25-22-24-18(16-8-5-4-6-9-16)12-21(26-22)23-17-10-7-11-20(15(17)3)27(29)30/h4-12,14,19,28H,13H2,1-3H3,(H2,23,24,25,26)/t19-/m0/s1. The van der Waals surface area contributed by atoms with Gasteiger partial charge in [-0.2, -0.15) is 4.98 Å². The van der Waals surface area contributed by atoms with Gasteiger partial charge in [-0.3, -0.25) is 10.1 Å². The zero-order valence-electron chi connectivity index (χ0n) is 17.2. The quantitative estimate of drug-likeness (QED) is 0.371. The van der Waals surface area contributed by atoms with Crippen molar-refractivity contribution in [2.24, 2.45) is 5.92 Å². The predicted octanol–water partition coefficient (Wildman–Crippen LogP) is 4.53. The second-order valence-corrected chi connectivity index (χ2v) is 7.34. The van der Waals surface area contributed by atoms with E-state index in [9.17, 15) is 15.2 Å². The largest absolute Gasteiger partial charge is 0.394 e. The lowest BCUT2D eigenvalue weighted by molar-refractivity contribution is -0.385. The number of aromatic nitrogens is 2. The molecule has 3 N–H and O–H groups in total. The summed E-state index contributed by atoms with van der Waals surface area (Å²) in [6.45, 7) is 5.64. The summed E-state index contributed by atoms with van der Waals surface area (Å²) in [5.41, 5.74) is 2.75. The number of hydrogen-bond donors (Lipinski definition) is 3. The van der Waals surface area contributed by atoms with Crippen LogP contribution in [-0.2, 0) is 0 Å². The highest BCUT2D eigenvalue weighted by Gasteiger charge is 2.17. The predicted molar refractivity (Wildman–Crippen MR) is 118 cm³/mol. The molecule has 8 heteroatoms. The molecule has 3 aromatic rings. The maximum atomic E-state index is 11.3. The molecule has 1 aromatic heterocycles. The summed E-state index contributed by atoms with van der Waals surface area (Å²) in [7, 11) is 0. The van der Waals surface area contributed by atoms with Gasteiger partial charge in [0.1, 0.15) is 5.82 Å². The van der Waals surface area contributed by atoms with E-state index >= 15 is 0 Å². The van der Waals surface area contributed by atoms with Crippen molar-refractivity contribution in [1.82, 2.24) is 9.97 Å². The van der Waals surface area contributed by atoms with Gasteiger partial charge >= 0.3 is 0 Å². The van der Waals surface area contributed by atoms with Crippen molar-refractivity contribution in [2.75, 3.05) is 17.2 Å². The number of rotatable bonds is 8. The molecule has 0 saturated heterocycles. The Bertz CT molecular complexity index is 1020. The summed E-state index contributed by atoms with van der Waals surface area (Å²) in [6.07, 6.45) is 0. The van der Waals surface area contributed by atoms with E-state index in [4.69, 9.17) is 0 Å². The Labute approximate surface area is 175 Å². The molecule has 0 aliphatic rings. The molecule has 3 rings (SSSR count). The van der Waals surface area contributed by atoms with Crippen LogP contribution in [0.15, 0.2) is 54.6 Å². The molecule has 0 spiro atoms. The van der Waals surface area contributed by atoms with Gasteiger partial charge in [-0.15, -0.1) is 0 Å². The average molecular weight is 407 g/mol. The van der Waals surface area contributed by atoms with Crippen LogP contribution in [0.1, 0.15) is 19.4 Å². The number of aliphatic hydroxyl groups is 1. The number of nitrogens with zero attached hydrogens (tertiary/aromatic N) is 3. The Hall–Kier alpha value is -3.52. The Morgan fingerprint density at radius 1 is 1.10 bits per heavy atom. The first-order valence-corrected chi connectivity index (χ1v) is 9.72. The van der Waals surface area contributed by atoms with E-state index in [1.807, 2.05) is 44.2 Å². The van der Waals surface area contributed by atoms with Crippen molar-refractivity contribution < 1.29 is 10.0 Å². The summed E-state index contributed by atoms with van der Waals surface area (Å²) < 4.78 is 0. The number of benzene rings is 2. The summed E-state index contributed by atoms with van der Waals surface area (Å²) in [4.78, 5) is 20.0. The molecule has 0 aliphatic heterocycles. The third kappa shape index (κ3) is 4.90. The number of hydrogen-bond acceptors (Lipinski definition) is 7. The van der Waals surface area contributed by atoms with Gasteiger partial charge < -0.3 is 15.7 Å². The normalized spacial score (nSPS) is 11.9. The lowest BCUT2D eigenvalue weighted by atomic mass is 10.1. The molecule has 156 valence electrons. The minimum atomic E-state index is -0.405. The Morgan fingerprint density at radius 3 is 2.47 bits per heavy atom. The molecule has 0 aliphatic carbocycles. The van der Waals surface area contributed by atoms with Gasteiger partial charge in [0, 0.05) is 23.4 Å². The second kappa shape index (κ2) is 9.32. The zero-order valence-corrected chi connectivity index (χ0v) is 17.2. The van der Waals surface area contributed by atoms with Gasteiger partial charge in [0.25, 0.3) is 5.69 Å². The highest BCUT2D eigenvalue weighted by Crippen LogP contribution is 2.29. The monoisotopic (exact) mass is 407 g/mol. The minimum Gasteiger partial charge on any atom is -0.394 e. The van der Waals surface area contributed by atoms with E-state index in [1.54, 1.807) is 25.1 Å². The van der Waals surface area contributed by atoms with Crippen LogP contribution in [0, 0.1) is 23.0 Å². The molecule has 0 amide bonds. The molecule has 1 heterocycles. The third-order valence-electron chi connectivity index (χ3n) is 4.88. The summed E-state index contributed by atoms with van der Waals surface area (Å²) >= 11 is 0. The van der Waals surface area contributed by atoms with E-state index in [1.165, 1.54) is 6.07 Å². The maximum absolute atomic E-state index is 11.3. The molecule has 0 radical (unpaired) electrons. The first kappa shape index (κ1) is 21.2. The van der Waals surface area contributed by atoms with Crippen LogP contribution in [0.3, 0.4) is 0 Å². The van der Waals surface area contributed by atoms with Crippen LogP contribution in [0.2, 0.25) is 0 Å². The molecular formula is C22H25N5O3. The van der Waals surface area contributed by atoms with Crippen LogP contribution < -0.4 is 10.6 Å². The lowest BCUT2D eigenvalue weighted by Gasteiger charge is -2.21. The zero-order chi connectivity index (χ0) is 21.7. The van der Waals surface area contributed by atoms with Gasteiger partial charge in [0.2, 0.25) is 5.95 Å². The fraction of sp³-hybridized carbons (Fsp3) is 0.273. The van der Waals surface area contributed by atoms with Gasteiger partial charge in [0.15, 0.2) is 0 Å². The Balaban J connectivity index is 2.02. The number of aliphatic hydroxyl groups excluding tert-OH is 1.